The van der Waals surface area contributed by atoms with Gasteiger partial charge in [0.2, 0.25) is 0 Å². The fourth-order valence-corrected chi connectivity index (χ4v) is 3.39. The fraction of sp³-hybridized carbons (Fsp3) is 0.0417. The minimum atomic E-state index is -0.412. The zero-order valence-electron chi connectivity index (χ0n) is 16.3. The summed E-state index contributed by atoms with van der Waals surface area (Å²) < 4.78 is 6.80. The molecule has 148 valence electrons. The fourth-order valence-electron chi connectivity index (χ4n) is 3.39. The highest BCUT2D eigenvalue weighted by Gasteiger charge is 2.31. The van der Waals surface area contributed by atoms with Crippen molar-refractivity contribution in [1.82, 2.24) is 14.9 Å². The van der Waals surface area contributed by atoms with Crippen LogP contribution in [0.1, 0.15) is 5.56 Å². The molecule has 0 saturated carbocycles. The number of amides is 2. The first-order chi connectivity index (χ1) is 14.7. The van der Waals surface area contributed by atoms with Gasteiger partial charge >= 0.3 is 0 Å². The maximum Gasteiger partial charge on any atom is 0.259 e. The maximum atomic E-state index is 12.7. The molecule has 0 unspecified atom stereocenters. The lowest BCUT2D eigenvalue weighted by Gasteiger charge is -2.03. The third kappa shape index (κ3) is 3.58. The second-order valence-corrected chi connectivity index (χ2v) is 6.52. The number of fused-ring (bicyclic) bond motifs is 1. The molecule has 30 heavy (non-hydrogen) atoms. The monoisotopic (exact) mass is 397 g/mol. The van der Waals surface area contributed by atoms with Crippen LogP contribution in [0, 0.1) is 0 Å². The summed E-state index contributed by atoms with van der Waals surface area (Å²) in [6.45, 7) is 0. The molecule has 0 atom stereocenters. The third-order valence-electron chi connectivity index (χ3n) is 4.68. The number of allylic oxidation sites excluding steroid dienone is 4. The smallest absolute Gasteiger partial charge is 0.259 e. The molecule has 1 aliphatic rings. The van der Waals surface area contributed by atoms with Gasteiger partial charge in [-0.3, -0.25) is 19.9 Å². The standard InChI is InChI=1S/C24H19N3O3/c1-30-14-7-3-2-4-11-19-22(24(29)26-23(19)28)20-16-27(17-9-8-13-25-15-17)21-12-6-5-10-18(20)21/h2-16H,1H3,(H,26,28,29)/b3-2-,11-4+,14-7+. The van der Waals surface area contributed by atoms with Crippen molar-refractivity contribution in [3.63, 3.8) is 0 Å². The average molecular weight is 397 g/mol. The minimum absolute atomic E-state index is 0.328. The number of pyridine rings is 1. The van der Waals surface area contributed by atoms with Crippen molar-refractivity contribution in [3.8, 4) is 5.69 Å². The molecule has 1 aliphatic heterocycles. The van der Waals surface area contributed by atoms with Crippen molar-refractivity contribution in [2.75, 3.05) is 7.11 Å². The Balaban J connectivity index is 1.85. The highest BCUT2D eigenvalue weighted by molar-refractivity contribution is 6.38. The SMILES string of the molecule is CO/C=C/C=C\C=C\C1=C(c2cn(-c3cccnc3)c3ccccc23)C(=O)NC1=O. The first-order valence-electron chi connectivity index (χ1n) is 9.34. The van der Waals surface area contributed by atoms with E-state index in [1.54, 1.807) is 49.9 Å². The van der Waals surface area contributed by atoms with Crippen molar-refractivity contribution in [3.05, 3.63) is 103 Å². The largest absolute Gasteiger partial charge is 0.504 e. The normalized spacial score (nSPS) is 14.7. The van der Waals surface area contributed by atoms with Crippen LogP contribution < -0.4 is 5.32 Å². The topological polar surface area (TPSA) is 73.2 Å². The molecule has 0 bridgehead atoms. The molecule has 4 rings (SSSR count). The van der Waals surface area contributed by atoms with Crippen LogP contribution in [-0.2, 0) is 14.3 Å². The molecular weight excluding hydrogens is 378 g/mol. The van der Waals surface area contributed by atoms with Gasteiger partial charge in [0.15, 0.2) is 0 Å². The lowest BCUT2D eigenvalue weighted by Crippen LogP contribution is -2.22. The van der Waals surface area contributed by atoms with Crippen molar-refractivity contribution in [2.24, 2.45) is 0 Å². The van der Waals surface area contributed by atoms with E-state index in [1.807, 2.05) is 47.2 Å². The molecule has 3 aromatic rings. The lowest BCUT2D eigenvalue weighted by molar-refractivity contribution is -0.123. The summed E-state index contributed by atoms with van der Waals surface area (Å²) in [5.74, 6) is -0.817. The van der Waals surface area contributed by atoms with Gasteiger partial charge in [0.25, 0.3) is 11.8 Å². The number of hydrogen-bond donors (Lipinski definition) is 1. The zero-order valence-corrected chi connectivity index (χ0v) is 16.3. The minimum Gasteiger partial charge on any atom is -0.504 e. The molecular formula is C24H19N3O3. The number of nitrogens with one attached hydrogen (secondary N) is 1. The molecule has 6 heteroatoms. The highest BCUT2D eigenvalue weighted by atomic mass is 16.5. The maximum absolute atomic E-state index is 12.7. The molecule has 3 heterocycles. The number of imide groups is 1. The Kier molecular flexibility index (Phi) is 5.39. The number of nitrogens with zero attached hydrogens (tertiary/aromatic N) is 2. The number of carbonyl (C=O) groups excluding carboxylic acids is 2. The predicted octanol–water partition coefficient (Wildman–Crippen LogP) is 3.71. The van der Waals surface area contributed by atoms with Crippen LogP contribution >= 0.6 is 0 Å². The van der Waals surface area contributed by atoms with Crippen LogP contribution in [-0.4, -0.2) is 28.5 Å². The number of ether oxygens (including phenoxy) is 1. The zero-order chi connectivity index (χ0) is 20.9. The molecule has 1 N–H and O–H groups in total. The molecule has 0 radical (unpaired) electrons. The Morgan fingerprint density at radius 3 is 2.63 bits per heavy atom. The van der Waals surface area contributed by atoms with E-state index in [4.69, 9.17) is 4.74 Å². The van der Waals surface area contributed by atoms with Gasteiger partial charge in [-0.05, 0) is 30.4 Å². The molecule has 0 spiro atoms. The van der Waals surface area contributed by atoms with E-state index in [2.05, 4.69) is 10.3 Å². The predicted molar refractivity (Wildman–Crippen MR) is 116 cm³/mol. The molecule has 0 fully saturated rings. The number of para-hydroxylation sites is 1. The number of rotatable bonds is 6. The van der Waals surface area contributed by atoms with Gasteiger partial charge in [-0.1, -0.05) is 36.4 Å². The number of aromatic nitrogens is 2. The highest BCUT2D eigenvalue weighted by Crippen LogP contribution is 2.33. The van der Waals surface area contributed by atoms with Gasteiger partial charge in [-0.25, -0.2) is 0 Å². The van der Waals surface area contributed by atoms with E-state index >= 15 is 0 Å². The van der Waals surface area contributed by atoms with E-state index in [0.29, 0.717) is 16.7 Å². The van der Waals surface area contributed by atoms with Gasteiger partial charge in [0.1, 0.15) is 0 Å². The lowest BCUT2D eigenvalue weighted by atomic mass is 10.0. The number of benzene rings is 1. The van der Waals surface area contributed by atoms with Gasteiger partial charge in [0, 0.05) is 23.3 Å². The van der Waals surface area contributed by atoms with Crippen LogP contribution in [0.2, 0.25) is 0 Å². The molecule has 1 aromatic carbocycles. The van der Waals surface area contributed by atoms with E-state index in [1.165, 1.54) is 6.26 Å². The van der Waals surface area contributed by atoms with Crippen LogP contribution in [0.15, 0.2) is 97.2 Å². The summed E-state index contributed by atoms with van der Waals surface area (Å²) in [4.78, 5) is 29.3. The van der Waals surface area contributed by atoms with Crippen molar-refractivity contribution < 1.29 is 14.3 Å². The van der Waals surface area contributed by atoms with E-state index in [9.17, 15) is 9.59 Å². The van der Waals surface area contributed by atoms with Crippen molar-refractivity contribution in [2.45, 2.75) is 0 Å². The first kappa shape index (κ1) is 19.1. The Hall–Kier alpha value is -4.19. The third-order valence-corrected chi connectivity index (χ3v) is 4.68. The van der Waals surface area contributed by atoms with E-state index in [0.717, 1.165) is 16.6 Å². The van der Waals surface area contributed by atoms with Crippen LogP contribution in [0.5, 0.6) is 0 Å². The second kappa shape index (κ2) is 8.45. The number of carbonyl (C=O) groups is 2. The molecule has 2 aromatic heterocycles. The number of hydrogen-bond acceptors (Lipinski definition) is 4. The van der Waals surface area contributed by atoms with Crippen molar-refractivity contribution in [1.29, 1.82) is 0 Å². The molecule has 0 aliphatic carbocycles. The van der Waals surface area contributed by atoms with Gasteiger partial charge in [-0.2, -0.15) is 0 Å². The number of methoxy groups -OCH3 is 1. The van der Waals surface area contributed by atoms with Gasteiger partial charge in [-0.15, -0.1) is 0 Å². The average Bonchev–Trinajstić information content (AvgIpc) is 3.28. The Morgan fingerprint density at radius 2 is 1.83 bits per heavy atom. The Bertz CT molecular complexity index is 1230. The van der Waals surface area contributed by atoms with E-state index in [-0.39, 0.29) is 0 Å². The van der Waals surface area contributed by atoms with Gasteiger partial charge < -0.3 is 9.30 Å². The summed E-state index contributed by atoms with van der Waals surface area (Å²) >= 11 is 0. The van der Waals surface area contributed by atoms with Crippen LogP contribution in [0.3, 0.4) is 0 Å². The Morgan fingerprint density at radius 1 is 1.00 bits per heavy atom. The van der Waals surface area contributed by atoms with E-state index < -0.39 is 11.8 Å². The second-order valence-electron chi connectivity index (χ2n) is 6.52. The molecule has 6 nitrogen and oxygen atoms in total. The molecule has 0 saturated heterocycles. The summed E-state index contributed by atoms with van der Waals surface area (Å²) in [6, 6.07) is 11.6. The summed E-state index contributed by atoms with van der Waals surface area (Å²) in [6.07, 6.45) is 15.5. The van der Waals surface area contributed by atoms with Crippen LogP contribution in [0.4, 0.5) is 0 Å². The van der Waals surface area contributed by atoms with Crippen molar-refractivity contribution >= 4 is 28.3 Å². The summed E-state index contributed by atoms with van der Waals surface area (Å²) in [5.41, 5.74) is 3.18. The summed E-state index contributed by atoms with van der Waals surface area (Å²) in [7, 11) is 1.56. The quantitative estimate of drug-likeness (QED) is 0.391. The summed E-state index contributed by atoms with van der Waals surface area (Å²) in [5, 5.41) is 3.29. The first-order valence-corrected chi connectivity index (χ1v) is 9.34. The van der Waals surface area contributed by atoms with Crippen LogP contribution in [0.25, 0.3) is 22.2 Å². The molecule has 2 amide bonds. The Labute approximate surface area is 173 Å². The van der Waals surface area contributed by atoms with Gasteiger partial charge in [0.05, 0.1) is 41.9 Å².